The fraction of sp³-hybridized carbons (Fsp3) is 0.294. The van der Waals surface area contributed by atoms with Gasteiger partial charge >= 0.3 is 0 Å². The highest BCUT2D eigenvalue weighted by molar-refractivity contribution is 7.17. The summed E-state index contributed by atoms with van der Waals surface area (Å²) in [4.78, 5) is 9.40. The van der Waals surface area contributed by atoms with E-state index in [4.69, 9.17) is 9.97 Å². The van der Waals surface area contributed by atoms with Gasteiger partial charge in [0.15, 0.2) is 5.82 Å². The van der Waals surface area contributed by atoms with Crippen LogP contribution in [0.25, 0.3) is 21.5 Å². The minimum Gasteiger partial charge on any atom is -0.370 e. The van der Waals surface area contributed by atoms with Crippen LogP contribution in [0.2, 0.25) is 0 Å². The van der Waals surface area contributed by atoms with Crippen LogP contribution < -0.4 is 5.32 Å². The number of thiophene rings is 1. The van der Waals surface area contributed by atoms with Crippen molar-refractivity contribution in [3.05, 3.63) is 41.4 Å². The lowest BCUT2D eigenvalue weighted by Crippen LogP contribution is -2.05. The zero-order chi connectivity index (χ0) is 14.7. The lowest BCUT2D eigenvalue weighted by atomic mass is 10.1. The minimum absolute atomic E-state index is 0.824. The summed E-state index contributed by atoms with van der Waals surface area (Å²) in [7, 11) is 0. The summed E-state index contributed by atoms with van der Waals surface area (Å²) in [5.41, 5.74) is 2.21. The molecule has 21 heavy (non-hydrogen) atoms. The van der Waals surface area contributed by atoms with Gasteiger partial charge in [-0.25, -0.2) is 9.97 Å². The first-order valence-corrected chi connectivity index (χ1v) is 8.28. The minimum atomic E-state index is 0.824. The fourth-order valence-electron chi connectivity index (χ4n) is 2.29. The summed E-state index contributed by atoms with van der Waals surface area (Å²) in [6.07, 6.45) is 2.00. The summed E-state index contributed by atoms with van der Waals surface area (Å²) in [6, 6.07) is 10.5. The van der Waals surface area contributed by atoms with Crippen molar-refractivity contribution >= 4 is 27.2 Å². The van der Waals surface area contributed by atoms with E-state index in [9.17, 15) is 0 Å². The molecule has 2 aromatic heterocycles. The maximum Gasteiger partial charge on any atom is 0.163 e. The van der Waals surface area contributed by atoms with Crippen LogP contribution in [0.15, 0.2) is 35.7 Å². The summed E-state index contributed by atoms with van der Waals surface area (Å²) >= 11 is 1.75. The average Bonchev–Trinajstić information content (AvgIpc) is 2.96. The predicted molar refractivity (Wildman–Crippen MR) is 91.0 cm³/mol. The summed E-state index contributed by atoms with van der Waals surface area (Å²) in [5.74, 6) is 1.75. The van der Waals surface area contributed by atoms with Crippen LogP contribution in [0, 0.1) is 0 Å². The Morgan fingerprint density at radius 2 is 2.00 bits per heavy atom. The molecule has 0 saturated carbocycles. The summed E-state index contributed by atoms with van der Waals surface area (Å²) < 4.78 is 1.28. The molecule has 3 nitrogen and oxygen atoms in total. The van der Waals surface area contributed by atoms with Crippen LogP contribution in [-0.4, -0.2) is 16.5 Å². The Kier molecular flexibility index (Phi) is 4.15. The first-order chi connectivity index (χ1) is 10.3. The van der Waals surface area contributed by atoms with Gasteiger partial charge in [-0.2, -0.15) is 0 Å². The van der Waals surface area contributed by atoms with Crippen LogP contribution in [-0.2, 0) is 6.42 Å². The molecule has 1 aromatic carbocycles. The Morgan fingerprint density at radius 3 is 2.81 bits per heavy atom. The van der Waals surface area contributed by atoms with Gasteiger partial charge in [0.05, 0.1) is 0 Å². The van der Waals surface area contributed by atoms with Crippen LogP contribution in [0.3, 0.4) is 0 Å². The Hall–Kier alpha value is -1.94. The van der Waals surface area contributed by atoms with Crippen molar-refractivity contribution in [1.29, 1.82) is 0 Å². The normalized spacial score (nSPS) is 11.0. The zero-order valence-electron chi connectivity index (χ0n) is 12.4. The van der Waals surface area contributed by atoms with Gasteiger partial charge in [0.25, 0.3) is 0 Å². The first kappa shape index (κ1) is 14.0. The molecule has 3 rings (SSSR count). The van der Waals surface area contributed by atoms with Crippen molar-refractivity contribution in [2.45, 2.75) is 26.7 Å². The van der Waals surface area contributed by atoms with E-state index in [2.05, 4.69) is 48.8 Å². The Balaban J connectivity index is 2.08. The molecule has 0 amide bonds. The van der Waals surface area contributed by atoms with Crippen molar-refractivity contribution in [2.24, 2.45) is 0 Å². The molecule has 0 saturated heterocycles. The van der Waals surface area contributed by atoms with Crippen molar-refractivity contribution < 1.29 is 0 Å². The maximum absolute atomic E-state index is 4.71. The molecule has 0 aliphatic rings. The number of hydrogen-bond acceptors (Lipinski definition) is 4. The van der Waals surface area contributed by atoms with E-state index in [0.717, 1.165) is 42.3 Å². The number of rotatable bonds is 5. The van der Waals surface area contributed by atoms with E-state index in [1.54, 1.807) is 11.3 Å². The third kappa shape index (κ3) is 2.90. The summed E-state index contributed by atoms with van der Waals surface area (Å²) in [6.45, 7) is 5.22. The predicted octanol–water partition coefficient (Wildman–Crippen LogP) is 4.74. The number of nitrogens with zero attached hydrogens (tertiary/aromatic N) is 2. The Morgan fingerprint density at radius 1 is 1.14 bits per heavy atom. The number of hydrogen-bond donors (Lipinski definition) is 1. The summed E-state index contributed by atoms with van der Waals surface area (Å²) in [5, 5.41) is 6.76. The van der Waals surface area contributed by atoms with Gasteiger partial charge in [0, 0.05) is 39.3 Å². The number of nitrogens with one attached hydrogen (secondary N) is 1. The lowest BCUT2D eigenvalue weighted by Gasteiger charge is -2.08. The SMILES string of the molecule is CCCNc1cc(CC)nc(-c2csc3ccccc23)n1. The number of fused-ring (bicyclic) bond motifs is 1. The van der Waals surface area contributed by atoms with Gasteiger partial charge < -0.3 is 5.32 Å². The number of benzene rings is 1. The monoisotopic (exact) mass is 297 g/mol. The zero-order valence-corrected chi connectivity index (χ0v) is 13.2. The van der Waals surface area contributed by atoms with Crippen molar-refractivity contribution in [3.8, 4) is 11.4 Å². The smallest absolute Gasteiger partial charge is 0.163 e. The Bertz CT molecular complexity index is 749. The molecular formula is C17H19N3S. The second kappa shape index (κ2) is 6.22. The molecule has 1 N–H and O–H groups in total. The molecule has 2 heterocycles. The van der Waals surface area contributed by atoms with Gasteiger partial charge in [-0.15, -0.1) is 11.3 Å². The van der Waals surface area contributed by atoms with Crippen LogP contribution in [0.1, 0.15) is 26.0 Å². The molecule has 0 atom stereocenters. The molecule has 3 aromatic rings. The second-order valence-electron chi connectivity index (χ2n) is 4.99. The largest absolute Gasteiger partial charge is 0.370 e. The molecule has 0 bridgehead atoms. The molecule has 0 fully saturated rings. The average molecular weight is 297 g/mol. The quantitative estimate of drug-likeness (QED) is 0.739. The van der Waals surface area contributed by atoms with E-state index in [-0.39, 0.29) is 0 Å². The highest BCUT2D eigenvalue weighted by Crippen LogP contribution is 2.32. The van der Waals surface area contributed by atoms with E-state index < -0.39 is 0 Å². The fourth-order valence-corrected chi connectivity index (χ4v) is 3.23. The van der Waals surface area contributed by atoms with E-state index in [1.165, 1.54) is 10.1 Å². The second-order valence-corrected chi connectivity index (χ2v) is 5.91. The molecule has 0 aliphatic heterocycles. The van der Waals surface area contributed by atoms with Gasteiger partial charge in [0.2, 0.25) is 0 Å². The van der Waals surface area contributed by atoms with E-state index in [1.807, 2.05) is 6.07 Å². The molecule has 0 unspecified atom stereocenters. The van der Waals surface area contributed by atoms with Crippen molar-refractivity contribution in [2.75, 3.05) is 11.9 Å². The first-order valence-electron chi connectivity index (χ1n) is 7.40. The molecule has 0 spiro atoms. The highest BCUT2D eigenvalue weighted by atomic mass is 32.1. The standard InChI is InChI=1S/C17H19N3S/c1-3-9-18-16-10-12(4-2)19-17(20-16)14-11-21-15-8-6-5-7-13(14)15/h5-8,10-11H,3-4,9H2,1-2H3,(H,18,19,20). The number of anilines is 1. The van der Waals surface area contributed by atoms with Crippen LogP contribution in [0.4, 0.5) is 5.82 Å². The topological polar surface area (TPSA) is 37.8 Å². The number of aromatic nitrogens is 2. The van der Waals surface area contributed by atoms with E-state index >= 15 is 0 Å². The van der Waals surface area contributed by atoms with Gasteiger partial charge in [-0.1, -0.05) is 32.0 Å². The van der Waals surface area contributed by atoms with Crippen molar-refractivity contribution in [3.63, 3.8) is 0 Å². The van der Waals surface area contributed by atoms with Gasteiger partial charge in [0.1, 0.15) is 5.82 Å². The lowest BCUT2D eigenvalue weighted by molar-refractivity contribution is 0.952. The maximum atomic E-state index is 4.71. The van der Waals surface area contributed by atoms with E-state index in [0.29, 0.717) is 0 Å². The molecule has 108 valence electrons. The van der Waals surface area contributed by atoms with Crippen LogP contribution >= 0.6 is 11.3 Å². The Labute approximate surface area is 129 Å². The van der Waals surface area contributed by atoms with Crippen LogP contribution in [0.5, 0.6) is 0 Å². The van der Waals surface area contributed by atoms with Gasteiger partial charge in [-0.05, 0) is 18.9 Å². The molecule has 0 aliphatic carbocycles. The third-order valence-electron chi connectivity index (χ3n) is 3.42. The molecule has 4 heteroatoms. The van der Waals surface area contributed by atoms with Gasteiger partial charge in [-0.3, -0.25) is 0 Å². The highest BCUT2D eigenvalue weighted by Gasteiger charge is 2.11. The number of aryl methyl sites for hydroxylation is 1. The third-order valence-corrected chi connectivity index (χ3v) is 4.38. The molecular weight excluding hydrogens is 278 g/mol. The van der Waals surface area contributed by atoms with Crippen molar-refractivity contribution in [1.82, 2.24) is 9.97 Å². The molecule has 0 radical (unpaired) electrons.